The lowest BCUT2D eigenvalue weighted by Crippen LogP contribution is -2.39. The van der Waals surface area contributed by atoms with E-state index >= 15 is 0 Å². The molecule has 7 heteroatoms. The quantitative estimate of drug-likeness (QED) is 0.808. The highest BCUT2D eigenvalue weighted by Gasteiger charge is 2.43. The van der Waals surface area contributed by atoms with E-state index in [2.05, 4.69) is 0 Å². The van der Waals surface area contributed by atoms with Crippen molar-refractivity contribution >= 4 is 15.9 Å². The van der Waals surface area contributed by atoms with Gasteiger partial charge in [0.25, 0.3) is 0 Å². The van der Waals surface area contributed by atoms with Crippen LogP contribution in [0.4, 0.5) is 0 Å². The fraction of sp³-hybridized carbons (Fsp3) is 0.500. The first-order valence-electron chi connectivity index (χ1n) is 6.82. The maximum Gasteiger partial charge on any atom is 0.224 e. The summed E-state index contributed by atoms with van der Waals surface area (Å²) >= 11 is 0. The molecule has 1 saturated heterocycles. The van der Waals surface area contributed by atoms with Crippen LogP contribution in [0.15, 0.2) is 24.3 Å². The minimum atomic E-state index is -3.46. The summed E-state index contributed by atoms with van der Waals surface area (Å²) in [7, 11) is -3.46. The summed E-state index contributed by atoms with van der Waals surface area (Å²) in [5, 5.41) is 0. The van der Waals surface area contributed by atoms with E-state index in [4.69, 9.17) is 11.5 Å². The third-order valence-corrected chi connectivity index (χ3v) is 5.80. The van der Waals surface area contributed by atoms with Gasteiger partial charge in [0.2, 0.25) is 15.9 Å². The second-order valence-corrected chi connectivity index (χ2v) is 7.76. The van der Waals surface area contributed by atoms with Gasteiger partial charge in [0.15, 0.2) is 0 Å². The smallest absolute Gasteiger partial charge is 0.224 e. The molecule has 0 aliphatic carbocycles. The fourth-order valence-electron chi connectivity index (χ4n) is 2.51. The molecular weight excluding hydrogens is 290 g/mol. The van der Waals surface area contributed by atoms with Gasteiger partial charge in [0.05, 0.1) is 11.2 Å². The summed E-state index contributed by atoms with van der Waals surface area (Å²) in [5.74, 6) is -0.541. The average molecular weight is 311 g/mol. The zero-order valence-electron chi connectivity index (χ0n) is 12.1. The summed E-state index contributed by atoms with van der Waals surface area (Å²) < 4.78 is 26.3. The van der Waals surface area contributed by atoms with E-state index in [1.54, 1.807) is 25.1 Å². The van der Waals surface area contributed by atoms with Gasteiger partial charge in [-0.1, -0.05) is 24.3 Å². The van der Waals surface area contributed by atoms with Gasteiger partial charge in [-0.05, 0) is 24.5 Å². The van der Waals surface area contributed by atoms with Crippen molar-refractivity contribution in [1.29, 1.82) is 0 Å². The van der Waals surface area contributed by atoms with Crippen molar-refractivity contribution in [3.63, 3.8) is 0 Å². The van der Waals surface area contributed by atoms with E-state index in [1.807, 2.05) is 6.07 Å². The number of sulfonamides is 1. The summed E-state index contributed by atoms with van der Waals surface area (Å²) in [6, 6.07) is 7.21. The molecule has 1 aromatic rings. The highest BCUT2D eigenvalue weighted by molar-refractivity contribution is 7.88. The largest absolute Gasteiger partial charge is 0.369 e. The molecule has 0 aromatic heterocycles. The van der Waals surface area contributed by atoms with Crippen LogP contribution in [-0.2, 0) is 27.1 Å². The molecule has 1 heterocycles. The van der Waals surface area contributed by atoms with Crippen molar-refractivity contribution < 1.29 is 13.2 Å². The Hall–Kier alpha value is -1.44. The van der Waals surface area contributed by atoms with Crippen molar-refractivity contribution in [1.82, 2.24) is 4.31 Å². The van der Waals surface area contributed by atoms with Crippen LogP contribution in [0.25, 0.3) is 0 Å². The number of rotatable bonds is 5. The third-order valence-electron chi connectivity index (χ3n) is 4.00. The Bertz CT molecular complexity index is 645. The average Bonchev–Trinajstić information content (AvgIpc) is 2.83. The molecule has 6 nitrogen and oxygen atoms in total. The number of nitrogens with zero attached hydrogens (tertiary/aromatic N) is 1. The van der Waals surface area contributed by atoms with E-state index in [1.165, 1.54) is 4.31 Å². The Morgan fingerprint density at radius 3 is 2.62 bits per heavy atom. The molecular formula is C14H21N3O3S. The Morgan fingerprint density at radius 1 is 1.38 bits per heavy atom. The summed E-state index contributed by atoms with van der Waals surface area (Å²) in [4.78, 5) is 11.4. The highest BCUT2D eigenvalue weighted by atomic mass is 32.2. The Balaban J connectivity index is 2.14. The number of nitrogens with two attached hydrogens (primary N) is 2. The molecule has 1 unspecified atom stereocenters. The molecule has 1 amide bonds. The van der Waals surface area contributed by atoms with Crippen molar-refractivity contribution in [2.45, 2.75) is 25.6 Å². The van der Waals surface area contributed by atoms with Crippen molar-refractivity contribution in [2.75, 3.05) is 13.1 Å². The predicted octanol–water partition coefficient (Wildman–Crippen LogP) is 0.172. The van der Waals surface area contributed by atoms with Crippen molar-refractivity contribution in [2.24, 2.45) is 16.9 Å². The first-order chi connectivity index (χ1) is 9.77. The lowest BCUT2D eigenvalue weighted by Gasteiger charge is -2.21. The summed E-state index contributed by atoms with van der Waals surface area (Å²) in [6.07, 6.45) is 0.463. The van der Waals surface area contributed by atoms with E-state index in [0.29, 0.717) is 25.1 Å². The normalized spacial score (nSPS) is 23.3. The molecule has 0 radical (unpaired) electrons. The molecule has 116 valence electrons. The van der Waals surface area contributed by atoms with E-state index in [-0.39, 0.29) is 12.3 Å². The van der Waals surface area contributed by atoms with E-state index < -0.39 is 21.3 Å². The van der Waals surface area contributed by atoms with Crippen LogP contribution in [0.5, 0.6) is 0 Å². The molecule has 4 N–H and O–H groups in total. The first kappa shape index (κ1) is 15.9. The van der Waals surface area contributed by atoms with Gasteiger partial charge in [-0.2, -0.15) is 0 Å². The van der Waals surface area contributed by atoms with Crippen molar-refractivity contribution in [3.05, 3.63) is 35.4 Å². The van der Waals surface area contributed by atoms with Gasteiger partial charge >= 0.3 is 0 Å². The molecule has 1 aliphatic rings. The highest BCUT2D eigenvalue weighted by Crippen LogP contribution is 2.32. The third kappa shape index (κ3) is 3.42. The van der Waals surface area contributed by atoms with Crippen LogP contribution in [0, 0.1) is 5.41 Å². The summed E-state index contributed by atoms with van der Waals surface area (Å²) in [5.41, 5.74) is 11.7. The Labute approximate surface area is 125 Å². The number of hydrogen-bond donors (Lipinski definition) is 2. The molecule has 2 rings (SSSR count). The molecule has 0 saturated carbocycles. The van der Waals surface area contributed by atoms with Gasteiger partial charge in [0.1, 0.15) is 0 Å². The van der Waals surface area contributed by atoms with Crippen LogP contribution >= 0.6 is 0 Å². The second-order valence-electron chi connectivity index (χ2n) is 5.79. The van der Waals surface area contributed by atoms with Crippen LogP contribution in [0.3, 0.4) is 0 Å². The van der Waals surface area contributed by atoms with Crippen LogP contribution in [0.1, 0.15) is 24.5 Å². The summed E-state index contributed by atoms with van der Waals surface area (Å²) in [6.45, 7) is 2.57. The Morgan fingerprint density at radius 2 is 2.05 bits per heavy atom. The number of carbonyl (C=O) groups excluding carboxylic acids is 1. The van der Waals surface area contributed by atoms with Gasteiger partial charge < -0.3 is 11.5 Å². The van der Waals surface area contributed by atoms with Gasteiger partial charge in [0, 0.05) is 19.6 Å². The molecule has 1 atom stereocenters. The number of carbonyl (C=O) groups is 1. The standard InChI is InChI=1S/C14H21N3O3S/c1-14(13(16)18)5-6-17(10-14)21(19,20)9-12-4-2-3-11(7-12)8-15/h2-4,7H,5-6,8-10,15H2,1H3,(H2,16,18). The monoisotopic (exact) mass is 311 g/mol. The second kappa shape index (κ2) is 5.75. The van der Waals surface area contributed by atoms with Crippen LogP contribution in [0.2, 0.25) is 0 Å². The van der Waals surface area contributed by atoms with E-state index in [0.717, 1.165) is 5.56 Å². The van der Waals surface area contributed by atoms with Gasteiger partial charge in [-0.25, -0.2) is 12.7 Å². The zero-order valence-corrected chi connectivity index (χ0v) is 12.9. The Kier molecular flexibility index (Phi) is 4.36. The first-order valence-corrected chi connectivity index (χ1v) is 8.43. The number of primary amides is 1. The van der Waals surface area contributed by atoms with E-state index in [9.17, 15) is 13.2 Å². The zero-order chi connectivity index (χ0) is 15.7. The number of hydrogen-bond acceptors (Lipinski definition) is 4. The molecule has 21 heavy (non-hydrogen) atoms. The minimum Gasteiger partial charge on any atom is -0.369 e. The maximum absolute atomic E-state index is 12.5. The molecule has 0 spiro atoms. The van der Waals surface area contributed by atoms with Crippen LogP contribution in [-0.4, -0.2) is 31.7 Å². The lowest BCUT2D eigenvalue weighted by atomic mass is 9.89. The predicted molar refractivity (Wildman–Crippen MR) is 80.4 cm³/mol. The topological polar surface area (TPSA) is 106 Å². The maximum atomic E-state index is 12.5. The molecule has 1 fully saturated rings. The number of amides is 1. The van der Waals surface area contributed by atoms with Gasteiger partial charge in [-0.15, -0.1) is 0 Å². The molecule has 0 bridgehead atoms. The molecule has 1 aromatic carbocycles. The fourth-order valence-corrected chi connectivity index (χ4v) is 4.14. The molecule has 1 aliphatic heterocycles. The minimum absolute atomic E-state index is 0.0876. The van der Waals surface area contributed by atoms with Crippen molar-refractivity contribution in [3.8, 4) is 0 Å². The number of benzene rings is 1. The van der Waals surface area contributed by atoms with Gasteiger partial charge in [-0.3, -0.25) is 4.79 Å². The lowest BCUT2D eigenvalue weighted by molar-refractivity contribution is -0.126. The SMILES string of the molecule is CC1(C(N)=O)CCN(S(=O)(=O)Cc2cccc(CN)c2)C1. The van der Waals surface area contributed by atoms with Crippen LogP contribution < -0.4 is 11.5 Å².